The second-order valence-corrected chi connectivity index (χ2v) is 6.11. The third-order valence-electron chi connectivity index (χ3n) is 4.29. The third-order valence-corrected chi connectivity index (χ3v) is 4.29. The number of likely N-dealkylation sites (N-methyl/N-ethyl adjacent to an activating group) is 1. The first kappa shape index (κ1) is 12.2. The maximum atomic E-state index is 10.6. The molecule has 1 aliphatic heterocycles. The lowest BCUT2D eigenvalue weighted by atomic mass is 9.67. The van der Waals surface area contributed by atoms with Gasteiger partial charge in [-0.3, -0.25) is 0 Å². The topological polar surface area (TPSA) is 49.5 Å². The summed E-state index contributed by atoms with van der Waals surface area (Å²) < 4.78 is 0. The first-order valence-electron chi connectivity index (χ1n) is 6.01. The zero-order valence-corrected chi connectivity index (χ0v) is 11.3. The van der Waals surface area contributed by atoms with Gasteiger partial charge >= 0.3 is 0 Å². The molecule has 0 amide bonds. The van der Waals surface area contributed by atoms with Crippen LogP contribution in [0, 0.1) is 0 Å². The van der Waals surface area contributed by atoms with Crippen LogP contribution in [0.3, 0.4) is 0 Å². The highest BCUT2D eigenvalue weighted by atomic mass is 16.3. The standard InChI is InChI=1S/C14H22N2O/c1-13(2)10-8-9(15)6-7-11(10)16(5)14(3,4)12(13)17/h6-8,12,17H,15H2,1-5H3. The van der Waals surface area contributed by atoms with Crippen molar-refractivity contribution in [2.24, 2.45) is 0 Å². The third kappa shape index (κ3) is 1.53. The highest BCUT2D eigenvalue weighted by Gasteiger charge is 2.48. The Bertz CT molecular complexity index is 452. The van der Waals surface area contributed by atoms with E-state index < -0.39 is 6.10 Å². The van der Waals surface area contributed by atoms with Gasteiger partial charge in [0.05, 0.1) is 11.6 Å². The average molecular weight is 234 g/mol. The number of anilines is 2. The summed E-state index contributed by atoms with van der Waals surface area (Å²) >= 11 is 0. The average Bonchev–Trinajstić information content (AvgIpc) is 2.25. The van der Waals surface area contributed by atoms with E-state index in [0.717, 1.165) is 16.9 Å². The molecule has 1 aromatic carbocycles. The lowest BCUT2D eigenvalue weighted by Gasteiger charge is -2.53. The van der Waals surface area contributed by atoms with Crippen LogP contribution >= 0.6 is 0 Å². The molecule has 0 saturated heterocycles. The highest BCUT2D eigenvalue weighted by molar-refractivity contribution is 5.66. The van der Waals surface area contributed by atoms with E-state index >= 15 is 0 Å². The van der Waals surface area contributed by atoms with Crippen LogP contribution in [0.5, 0.6) is 0 Å². The fourth-order valence-electron chi connectivity index (χ4n) is 2.89. The molecule has 0 radical (unpaired) electrons. The van der Waals surface area contributed by atoms with E-state index in [4.69, 9.17) is 5.73 Å². The van der Waals surface area contributed by atoms with E-state index in [1.165, 1.54) is 0 Å². The normalized spacial score (nSPS) is 25.5. The lowest BCUT2D eigenvalue weighted by Crippen LogP contribution is -2.61. The molecule has 0 saturated carbocycles. The second-order valence-electron chi connectivity index (χ2n) is 6.11. The zero-order valence-electron chi connectivity index (χ0n) is 11.3. The number of benzene rings is 1. The number of nitrogen functional groups attached to an aromatic ring is 1. The monoisotopic (exact) mass is 234 g/mol. The summed E-state index contributed by atoms with van der Waals surface area (Å²) in [7, 11) is 2.02. The number of hydrogen-bond acceptors (Lipinski definition) is 3. The first-order chi connectivity index (χ1) is 7.69. The Morgan fingerprint density at radius 3 is 2.41 bits per heavy atom. The van der Waals surface area contributed by atoms with Gasteiger partial charge in [-0.2, -0.15) is 0 Å². The number of aliphatic hydroxyl groups is 1. The molecule has 1 heterocycles. The smallest absolute Gasteiger partial charge is 0.0858 e. The number of nitrogens with two attached hydrogens (primary N) is 1. The number of aliphatic hydroxyl groups excluding tert-OH is 1. The molecule has 1 atom stereocenters. The Balaban J connectivity index is 2.70. The molecule has 0 fully saturated rings. The molecular weight excluding hydrogens is 212 g/mol. The van der Waals surface area contributed by atoms with Gasteiger partial charge in [0.15, 0.2) is 0 Å². The number of fused-ring (bicyclic) bond motifs is 1. The minimum Gasteiger partial charge on any atom is -0.399 e. The van der Waals surface area contributed by atoms with Crippen molar-refractivity contribution in [1.82, 2.24) is 0 Å². The molecule has 1 aliphatic rings. The Kier molecular flexibility index (Phi) is 2.44. The van der Waals surface area contributed by atoms with Gasteiger partial charge in [-0.15, -0.1) is 0 Å². The summed E-state index contributed by atoms with van der Waals surface area (Å²) in [5.74, 6) is 0. The van der Waals surface area contributed by atoms with Gasteiger partial charge in [0.2, 0.25) is 0 Å². The summed E-state index contributed by atoms with van der Waals surface area (Å²) in [4.78, 5) is 2.14. The Labute approximate surface area is 103 Å². The van der Waals surface area contributed by atoms with Gasteiger partial charge < -0.3 is 15.7 Å². The van der Waals surface area contributed by atoms with Crippen LogP contribution in [0.25, 0.3) is 0 Å². The molecule has 0 spiro atoms. The van der Waals surface area contributed by atoms with E-state index in [1.807, 2.05) is 25.2 Å². The molecule has 3 heteroatoms. The largest absolute Gasteiger partial charge is 0.399 e. The van der Waals surface area contributed by atoms with Crippen LogP contribution in [0.4, 0.5) is 11.4 Å². The van der Waals surface area contributed by atoms with E-state index in [-0.39, 0.29) is 11.0 Å². The molecule has 1 unspecified atom stereocenters. The van der Waals surface area contributed by atoms with E-state index in [9.17, 15) is 5.11 Å². The molecule has 0 bridgehead atoms. The maximum absolute atomic E-state index is 10.6. The van der Waals surface area contributed by atoms with Crippen LogP contribution in [-0.2, 0) is 5.41 Å². The molecule has 3 nitrogen and oxygen atoms in total. The summed E-state index contributed by atoms with van der Waals surface area (Å²) in [6.45, 7) is 8.28. The van der Waals surface area contributed by atoms with Gasteiger partial charge in [0, 0.05) is 23.8 Å². The van der Waals surface area contributed by atoms with Gasteiger partial charge in [-0.1, -0.05) is 13.8 Å². The quantitative estimate of drug-likeness (QED) is 0.676. The zero-order chi connectivity index (χ0) is 13.0. The van der Waals surface area contributed by atoms with Crippen molar-refractivity contribution < 1.29 is 5.11 Å². The Morgan fingerprint density at radius 2 is 1.82 bits per heavy atom. The fourth-order valence-corrected chi connectivity index (χ4v) is 2.89. The fraction of sp³-hybridized carbons (Fsp3) is 0.571. The van der Waals surface area contributed by atoms with Gasteiger partial charge in [0.25, 0.3) is 0 Å². The van der Waals surface area contributed by atoms with Crippen LogP contribution in [0.15, 0.2) is 18.2 Å². The molecule has 0 aromatic heterocycles. The number of rotatable bonds is 0. The minimum absolute atomic E-state index is 0.285. The van der Waals surface area contributed by atoms with Crippen LogP contribution in [-0.4, -0.2) is 23.8 Å². The Morgan fingerprint density at radius 1 is 1.24 bits per heavy atom. The highest BCUT2D eigenvalue weighted by Crippen LogP contribution is 2.46. The van der Waals surface area contributed by atoms with Crippen molar-refractivity contribution in [3.8, 4) is 0 Å². The summed E-state index contributed by atoms with van der Waals surface area (Å²) in [6.07, 6.45) is -0.436. The minimum atomic E-state index is -0.436. The molecule has 0 aliphatic carbocycles. The molecule has 17 heavy (non-hydrogen) atoms. The van der Waals surface area contributed by atoms with Crippen LogP contribution in [0.1, 0.15) is 33.3 Å². The van der Waals surface area contributed by atoms with Crippen molar-refractivity contribution in [3.05, 3.63) is 23.8 Å². The lowest BCUT2D eigenvalue weighted by molar-refractivity contribution is 0.0307. The first-order valence-corrected chi connectivity index (χ1v) is 6.01. The summed E-state index contributed by atoms with van der Waals surface area (Å²) in [6, 6.07) is 5.93. The van der Waals surface area contributed by atoms with Crippen molar-refractivity contribution in [2.45, 2.75) is 44.8 Å². The summed E-state index contributed by atoms with van der Waals surface area (Å²) in [5.41, 5.74) is 8.30. The van der Waals surface area contributed by atoms with Gasteiger partial charge in [-0.25, -0.2) is 0 Å². The predicted molar refractivity (Wildman–Crippen MR) is 72.4 cm³/mol. The van der Waals surface area contributed by atoms with Crippen molar-refractivity contribution in [2.75, 3.05) is 17.7 Å². The van der Waals surface area contributed by atoms with Gasteiger partial charge in [0.1, 0.15) is 0 Å². The van der Waals surface area contributed by atoms with E-state index in [2.05, 4.69) is 32.6 Å². The second kappa shape index (κ2) is 3.39. The van der Waals surface area contributed by atoms with Crippen LogP contribution < -0.4 is 10.6 Å². The van der Waals surface area contributed by atoms with Gasteiger partial charge in [-0.05, 0) is 37.6 Å². The van der Waals surface area contributed by atoms with E-state index in [1.54, 1.807) is 0 Å². The number of nitrogens with zero attached hydrogens (tertiary/aromatic N) is 1. The summed E-state index contributed by atoms with van der Waals surface area (Å²) in [5, 5.41) is 10.6. The van der Waals surface area contributed by atoms with Crippen LogP contribution in [0.2, 0.25) is 0 Å². The van der Waals surface area contributed by atoms with E-state index in [0.29, 0.717) is 0 Å². The molecule has 2 rings (SSSR count). The maximum Gasteiger partial charge on any atom is 0.0858 e. The molecule has 94 valence electrons. The Hall–Kier alpha value is -1.22. The SMILES string of the molecule is CN1c2ccc(N)cc2C(C)(C)C(O)C1(C)C. The van der Waals surface area contributed by atoms with Crippen molar-refractivity contribution >= 4 is 11.4 Å². The van der Waals surface area contributed by atoms with Crippen molar-refractivity contribution in [3.63, 3.8) is 0 Å². The van der Waals surface area contributed by atoms with Crippen molar-refractivity contribution in [1.29, 1.82) is 0 Å². The molecule has 1 aromatic rings. The predicted octanol–water partition coefficient (Wildman–Crippen LogP) is 2.14. The molecular formula is C14H22N2O. The molecule has 3 N–H and O–H groups in total. The number of hydrogen-bond donors (Lipinski definition) is 2.